The highest BCUT2D eigenvalue weighted by Gasteiger charge is 2.35. The number of halogens is 1. The van der Waals surface area contributed by atoms with Crippen LogP contribution in [-0.4, -0.2) is 37.1 Å². The van der Waals surface area contributed by atoms with Crippen molar-refractivity contribution in [3.63, 3.8) is 0 Å². The molecule has 0 spiro atoms. The van der Waals surface area contributed by atoms with Gasteiger partial charge in [0.25, 0.3) is 0 Å². The molecule has 2 aromatic carbocycles. The number of nitrogens with one attached hydrogen (secondary N) is 1. The number of para-hydroxylation sites is 1. The number of nitrogens with two attached hydrogens (primary N) is 1. The van der Waals surface area contributed by atoms with Crippen molar-refractivity contribution in [1.29, 1.82) is 0 Å². The van der Waals surface area contributed by atoms with Gasteiger partial charge in [-0.25, -0.2) is 0 Å². The molecule has 7 heteroatoms. The van der Waals surface area contributed by atoms with Crippen molar-refractivity contribution in [2.24, 2.45) is 5.73 Å². The van der Waals surface area contributed by atoms with Gasteiger partial charge in [0.1, 0.15) is 5.54 Å². The molecule has 0 atom stereocenters. The van der Waals surface area contributed by atoms with E-state index < -0.39 is 5.54 Å². The summed E-state index contributed by atoms with van der Waals surface area (Å²) in [7, 11) is 0. The van der Waals surface area contributed by atoms with E-state index in [1.807, 2.05) is 47.4 Å². The van der Waals surface area contributed by atoms with E-state index in [1.165, 1.54) is 5.56 Å². The topological polar surface area (TPSA) is 84.7 Å². The summed E-state index contributed by atoms with van der Waals surface area (Å²) in [6.07, 6.45) is 2.27. The van der Waals surface area contributed by atoms with Crippen LogP contribution in [0.25, 0.3) is 0 Å². The number of benzene rings is 2. The Balaban J connectivity index is 0.00000240. The van der Waals surface area contributed by atoms with Crippen LogP contribution in [0.1, 0.15) is 24.0 Å². The van der Waals surface area contributed by atoms with Gasteiger partial charge >= 0.3 is 0 Å². The summed E-state index contributed by atoms with van der Waals surface area (Å²) in [5.41, 5.74) is 9.17. The molecule has 154 valence electrons. The third kappa shape index (κ3) is 4.61. The van der Waals surface area contributed by atoms with E-state index in [-0.39, 0.29) is 24.2 Å². The molecule has 0 radical (unpaired) electrons. The molecule has 2 aromatic rings. The lowest BCUT2D eigenvalue weighted by atomic mass is 9.90. The molecule has 2 amide bonds. The maximum absolute atomic E-state index is 12.7. The number of carbonyl (C=O) groups excluding carboxylic acids is 2. The van der Waals surface area contributed by atoms with Gasteiger partial charge in [-0.3, -0.25) is 9.59 Å². The van der Waals surface area contributed by atoms with Gasteiger partial charge in [-0.05, 0) is 48.6 Å². The average molecular weight is 416 g/mol. The number of rotatable bonds is 4. The van der Waals surface area contributed by atoms with Gasteiger partial charge in [0.05, 0.1) is 6.42 Å². The van der Waals surface area contributed by atoms with Gasteiger partial charge in [-0.2, -0.15) is 0 Å². The zero-order valence-electron chi connectivity index (χ0n) is 16.2. The number of ether oxygens (including phenoxy) is 1. The Hall–Kier alpha value is -2.41. The molecule has 0 unspecified atom stereocenters. The molecule has 29 heavy (non-hydrogen) atoms. The van der Waals surface area contributed by atoms with Crippen molar-refractivity contribution in [3.8, 4) is 0 Å². The number of nitrogens with zero attached hydrogens (tertiary/aromatic N) is 1. The quantitative estimate of drug-likeness (QED) is 0.804. The lowest BCUT2D eigenvalue weighted by Crippen LogP contribution is -2.54. The predicted octanol–water partition coefficient (Wildman–Crippen LogP) is 2.69. The van der Waals surface area contributed by atoms with E-state index in [4.69, 9.17) is 10.5 Å². The van der Waals surface area contributed by atoms with E-state index in [1.54, 1.807) is 0 Å². The molecule has 3 N–H and O–H groups in total. The van der Waals surface area contributed by atoms with Gasteiger partial charge in [-0.1, -0.05) is 30.3 Å². The first-order valence-electron chi connectivity index (χ1n) is 9.70. The highest BCUT2D eigenvalue weighted by Crippen LogP contribution is 2.28. The first kappa shape index (κ1) is 21.3. The Morgan fingerprint density at radius 2 is 1.76 bits per heavy atom. The molecule has 0 aliphatic carbocycles. The fraction of sp³-hybridized carbons (Fsp3) is 0.364. The minimum atomic E-state index is -0.879. The zero-order chi connectivity index (χ0) is 19.6. The Morgan fingerprint density at radius 1 is 1.07 bits per heavy atom. The Labute approximate surface area is 176 Å². The number of fused-ring (bicyclic) bond motifs is 1. The fourth-order valence-corrected chi connectivity index (χ4v) is 3.79. The van der Waals surface area contributed by atoms with Gasteiger partial charge < -0.3 is 20.7 Å². The van der Waals surface area contributed by atoms with Crippen LogP contribution in [0.15, 0.2) is 48.5 Å². The Morgan fingerprint density at radius 3 is 2.48 bits per heavy atom. The van der Waals surface area contributed by atoms with Crippen LogP contribution < -0.4 is 16.0 Å². The summed E-state index contributed by atoms with van der Waals surface area (Å²) in [6.45, 7) is 1.74. The van der Waals surface area contributed by atoms with Crippen LogP contribution in [-0.2, 0) is 27.2 Å². The molecule has 1 fully saturated rings. The van der Waals surface area contributed by atoms with Crippen LogP contribution in [0.3, 0.4) is 0 Å². The number of hydrogen-bond donors (Lipinski definition) is 2. The highest BCUT2D eigenvalue weighted by molar-refractivity contribution is 5.98. The number of hydrogen-bond acceptors (Lipinski definition) is 4. The average Bonchev–Trinajstić information content (AvgIpc) is 3.14. The normalized spacial score (nSPS) is 17.2. The monoisotopic (exact) mass is 415 g/mol. The Kier molecular flexibility index (Phi) is 6.57. The van der Waals surface area contributed by atoms with E-state index in [0.717, 1.165) is 24.2 Å². The minimum Gasteiger partial charge on any atom is -0.381 e. The third-order valence-electron chi connectivity index (χ3n) is 5.59. The summed E-state index contributed by atoms with van der Waals surface area (Å²) in [4.78, 5) is 27.1. The highest BCUT2D eigenvalue weighted by atomic mass is 35.5. The van der Waals surface area contributed by atoms with Crippen LogP contribution in [0.2, 0.25) is 0 Å². The SMILES string of the molecule is Cl.NC1(C(=O)Nc2ccc(CC(=O)N3CCc4ccccc43)cc2)CCOCC1. The van der Waals surface area contributed by atoms with Crippen LogP contribution in [0.5, 0.6) is 0 Å². The molecule has 2 aliphatic rings. The van der Waals surface area contributed by atoms with Gasteiger partial charge in [0.15, 0.2) is 0 Å². The minimum absolute atomic E-state index is 0. The largest absolute Gasteiger partial charge is 0.381 e. The summed E-state index contributed by atoms with van der Waals surface area (Å²) in [6, 6.07) is 15.4. The maximum Gasteiger partial charge on any atom is 0.244 e. The molecular weight excluding hydrogens is 390 g/mol. The molecule has 2 aliphatic heterocycles. The summed E-state index contributed by atoms with van der Waals surface area (Å²) < 4.78 is 5.29. The molecule has 1 saturated heterocycles. The smallest absolute Gasteiger partial charge is 0.244 e. The van der Waals surface area contributed by atoms with E-state index in [0.29, 0.717) is 38.2 Å². The third-order valence-corrected chi connectivity index (χ3v) is 5.59. The standard InChI is InChI=1S/C22H25N3O3.ClH/c23-22(10-13-28-14-11-22)21(27)24-18-7-5-16(6-8-18)15-20(26)25-12-9-17-3-1-2-4-19(17)25;/h1-8H,9-15,23H2,(H,24,27);1H. The number of amides is 2. The first-order valence-corrected chi connectivity index (χ1v) is 9.70. The number of carbonyl (C=O) groups is 2. The number of anilines is 2. The molecular formula is C22H26ClN3O3. The van der Waals surface area contributed by atoms with E-state index in [9.17, 15) is 9.59 Å². The van der Waals surface area contributed by atoms with E-state index >= 15 is 0 Å². The van der Waals surface area contributed by atoms with E-state index in [2.05, 4.69) is 11.4 Å². The zero-order valence-corrected chi connectivity index (χ0v) is 17.0. The van der Waals surface area contributed by atoms with Crippen LogP contribution >= 0.6 is 12.4 Å². The Bertz CT molecular complexity index is 879. The molecule has 0 saturated carbocycles. The molecule has 2 heterocycles. The predicted molar refractivity (Wildman–Crippen MR) is 115 cm³/mol. The summed E-state index contributed by atoms with van der Waals surface area (Å²) in [5, 5.41) is 2.89. The lowest BCUT2D eigenvalue weighted by Gasteiger charge is -2.31. The van der Waals surface area contributed by atoms with Gasteiger partial charge in [0.2, 0.25) is 11.8 Å². The van der Waals surface area contributed by atoms with Crippen molar-refractivity contribution < 1.29 is 14.3 Å². The van der Waals surface area contributed by atoms with Crippen molar-refractivity contribution in [2.45, 2.75) is 31.2 Å². The second kappa shape index (κ2) is 8.95. The van der Waals surface area contributed by atoms with Crippen molar-refractivity contribution in [3.05, 3.63) is 59.7 Å². The van der Waals surface area contributed by atoms with Crippen molar-refractivity contribution >= 4 is 35.6 Å². The maximum atomic E-state index is 12.7. The second-order valence-electron chi connectivity index (χ2n) is 7.52. The molecule has 0 aromatic heterocycles. The molecule has 6 nitrogen and oxygen atoms in total. The van der Waals surface area contributed by atoms with Gasteiger partial charge in [-0.15, -0.1) is 12.4 Å². The fourth-order valence-electron chi connectivity index (χ4n) is 3.79. The first-order chi connectivity index (χ1) is 13.5. The van der Waals surface area contributed by atoms with Crippen molar-refractivity contribution in [1.82, 2.24) is 0 Å². The summed E-state index contributed by atoms with van der Waals surface area (Å²) >= 11 is 0. The van der Waals surface area contributed by atoms with Crippen LogP contribution in [0, 0.1) is 0 Å². The van der Waals surface area contributed by atoms with Crippen molar-refractivity contribution in [2.75, 3.05) is 30.0 Å². The molecule has 0 bridgehead atoms. The van der Waals surface area contributed by atoms with Crippen LogP contribution in [0.4, 0.5) is 11.4 Å². The second-order valence-corrected chi connectivity index (χ2v) is 7.52. The lowest BCUT2D eigenvalue weighted by molar-refractivity contribution is -0.124. The summed E-state index contributed by atoms with van der Waals surface area (Å²) in [5.74, 6) is -0.0989. The molecule has 4 rings (SSSR count). The van der Waals surface area contributed by atoms with Gasteiger partial charge in [0, 0.05) is 31.1 Å².